The predicted molar refractivity (Wildman–Crippen MR) is 150 cm³/mol. The van der Waals surface area contributed by atoms with Crippen LogP contribution in [0, 0.1) is 0 Å². The Bertz CT molecular complexity index is 1570. The van der Waals surface area contributed by atoms with Crippen molar-refractivity contribution < 1.29 is 19.4 Å². The number of hydrogen-bond donors (Lipinski definition) is 4. The first-order chi connectivity index (χ1) is 18.9. The number of aromatic nitrogens is 3. The van der Waals surface area contributed by atoms with Gasteiger partial charge < -0.3 is 30.2 Å². The topological polar surface area (TPSA) is 121 Å². The molecule has 1 atom stereocenters. The van der Waals surface area contributed by atoms with E-state index in [-0.39, 0.29) is 18.2 Å². The van der Waals surface area contributed by atoms with Crippen molar-refractivity contribution in [1.82, 2.24) is 15.0 Å². The van der Waals surface area contributed by atoms with E-state index in [0.29, 0.717) is 35.1 Å². The van der Waals surface area contributed by atoms with E-state index in [9.17, 15) is 9.90 Å². The highest BCUT2D eigenvalue weighted by atomic mass is 16.5. The van der Waals surface area contributed by atoms with Gasteiger partial charge in [-0.15, -0.1) is 0 Å². The summed E-state index contributed by atoms with van der Waals surface area (Å²) in [6, 6.07) is 26.0. The van der Waals surface area contributed by atoms with E-state index in [0.717, 1.165) is 16.8 Å². The number of nitrogens with one attached hydrogen (secondary N) is 3. The monoisotopic (exact) mass is 523 g/mol. The summed E-state index contributed by atoms with van der Waals surface area (Å²) in [4.78, 5) is 24.5. The Morgan fingerprint density at radius 1 is 0.949 bits per heavy atom. The fourth-order valence-corrected chi connectivity index (χ4v) is 4.20. The Kier molecular flexibility index (Phi) is 7.42. The molecule has 9 nitrogen and oxygen atoms in total. The van der Waals surface area contributed by atoms with Gasteiger partial charge in [-0.2, -0.15) is 0 Å². The van der Waals surface area contributed by atoms with Crippen LogP contribution in [0.25, 0.3) is 10.9 Å². The minimum absolute atomic E-state index is 0.227. The summed E-state index contributed by atoms with van der Waals surface area (Å²) >= 11 is 0. The molecule has 0 aliphatic carbocycles. The van der Waals surface area contributed by atoms with Crippen LogP contribution in [0.2, 0.25) is 0 Å². The van der Waals surface area contributed by atoms with Crippen molar-refractivity contribution in [2.45, 2.75) is 18.9 Å². The number of aliphatic hydroxyl groups is 1. The zero-order valence-corrected chi connectivity index (χ0v) is 21.6. The standard InChI is InChI=1S/C30H29N5O4/c1-30(37,27-25(38-2)16-18-32-27)29-34-24-11-7-6-10-23(24)28(35-29)33-21-14-12-20(13-15-21)31-19-17-26(36)39-22-8-4-3-5-9-22/h3-16,18,31-32,37H,17,19H2,1-2H3,(H,33,34,35). The second-order valence-corrected chi connectivity index (χ2v) is 9.07. The molecule has 0 saturated carbocycles. The lowest BCUT2D eigenvalue weighted by molar-refractivity contribution is -0.134. The first kappa shape index (κ1) is 25.7. The molecule has 4 N–H and O–H groups in total. The fourth-order valence-electron chi connectivity index (χ4n) is 4.20. The van der Waals surface area contributed by atoms with Gasteiger partial charge in [0.1, 0.15) is 17.3 Å². The Balaban J connectivity index is 1.29. The number of fused-ring (bicyclic) bond motifs is 1. The van der Waals surface area contributed by atoms with Crippen molar-refractivity contribution in [3.63, 3.8) is 0 Å². The summed E-state index contributed by atoms with van der Waals surface area (Å²) in [5.74, 6) is 1.54. The molecule has 0 aliphatic rings. The van der Waals surface area contributed by atoms with Crippen LogP contribution >= 0.6 is 0 Å². The molecule has 0 amide bonds. The number of hydrogen-bond acceptors (Lipinski definition) is 8. The molecule has 0 fully saturated rings. The highest BCUT2D eigenvalue weighted by Gasteiger charge is 2.34. The van der Waals surface area contributed by atoms with Crippen LogP contribution in [0.5, 0.6) is 11.5 Å². The van der Waals surface area contributed by atoms with E-state index in [2.05, 4.69) is 20.6 Å². The number of rotatable bonds is 10. The average Bonchev–Trinajstić information content (AvgIpc) is 3.45. The first-order valence-corrected chi connectivity index (χ1v) is 12.5. The van der Waals surface area contributed by atoms with Crippen LogP contribution in [0.3, 0.4) is 0 Å². The summed E-state index contributed by atoms with van der Waals surface area (Å²) < 4.78 is 10.7. The molecule has 0 radical (unpaired) electrons. The molecule has 0 saturated heterocycles. The van der Waals surface area contributed by atoms with Crippen molar-refractivity contribution in [3.8, 4) is 11.5 Å². The second-order valence-electron chi connectivity index (χ2n) is 9.07. The smallest absolute Gasteiger partial charge is 0.312 e. The van der Waals surface area contributed by atoms with E-state index in [4.69, 9.17) is 14.5 Å². The van der Waals surface area contributed by atoms with Gasteiger partial charge in [0.05, 0.1) is 24.7 Å². The lowest BCUT2D eigenvalue weighted by Crippen LogP contribution is -2.27. The van der Waals surface area contributed by atoms with Gasteiger partial charge in [-0.1, -0.05) is 30.3 Å². The maximum atomic E-state index is 12.1. The van der Waals surface area contributed by atoms with Crippen molar-refractivity contribution in [2.24, 2.45) is 0 Å². The van der Waals surface area contributed by atoms with Gasteiger partial charge in [0.25, 0.3) is 0 Å². The summed E-state index contributed by atoms with van der Waals surface area (Å²) in [7, 11) is 1.55. The molecule has 39 heavy (non-hydrogen) atoms. The van der Waals surface area contributed by atoms with Crippen LogP contribution in [0.4, 0.5) is 17.2 Å². The number of para-hydroxylation sites is 2. The minimum Gasteiger partial charge on any atom is -0.495 e. The zero-order valence-electron chi connectivity index (χ0n) is 21.6. The van der Waals surface area contributed by atoms with Crippen LogP contribution < -0.4 is 20.1 Å². The van der Waals surface area contributed by atoms with E-state index >= 15 is 0 Å². The van der Waals surface area contributed by atoms with Crippen LogP contribution in [0.15, 0.2) is 91.1 Å². The number of benzene rings is 3. The molecule has 198 valence electrons. The van der Waals surface area contributed by atoms with E-state index in [1.54, 1.807) is 38.4 Å². The number of nitrogens with zero attached hydrogens (tertiary/aromatic N) is 2. The van der Waals surface area contributed by atoms with Crippen molar-refractivity contribution in [1.29, 1.82) is 0 Å². The molecule has 1 unspecified atom stereocenters. The number of esters is 1. The molecule has 3 aromatic carbocycles. The Labute approximate surface area is 225 Å². The van der Waals surface area contributed by atoms with Gasteiger partial charge in [-0.3, -0.25) is 4.79 Å². The number of ether oxygens (including phenoxy) is 2. The second kappa shape index (κ2) is 11.2. The van der Waals surface area contributed by atoms with Crippen LogP contribution in [-0.2, 0) is 10.4 Å². The third-order valence-corrected chi connectivity index (χ3v) is 6.23. The summed E-state index contributed by atoms with van der Waals surface area (Å²) in [5, 5.41) is 18.8. The maximum Gasteiger partial charge on any atom is 0.312 e. The Hall–Kier alpha value is -4.89. The molecule has 0 bridgehead atoms. The van der Waals surface area contributed by atoms with Gasteiger partial charge in [0.15, 0.2) is 11.4 Å². The van der Waals surface area contributed by atoms with Gasteiger partial charge in [0.2, 0.25) is 0 Å². The number of carbonyl (C=O) groups excluding carboxylic acids is 1. The Morgan fingerprint density at radius 3 is 2.44 bits per heavy atom. The molecule has 2 aromatic heterocycles. The number of H-pyrrole nitrogens is 1. The Morgan fingerprint density at radius 2 is 1.67 bits per heavy atom. The van der Waals surface area contributed by atoms with Gasteiger partial charge in [-0.25, -0.2) is 9.97 Å². The van der Waals surface area contributed by atoms with Crippen LogP contribution in [-0.4, -0.2) is 39.7 Å². The molecular formula is C30H29N5O4. The summed E-state index contributed by atoms with van der Waals surface area (Å²) in [6.45, 7) is 2.07. The lowest BCUT2D eigenvalue weighted by Gasteiger charge is -2.23. The van der Waals surface area contributed by atoms with E-state index < -0.39 is 5.60 Å². The molecular weight excluding hydrogens is 494 g/mol. The molecule has 5 aromatic rings. The van der Waals surface area contributed by atoms with Gasteiger partial charge in [0, 0.05) is 29.5 Å². The highest BCUT2D eigenvalue weighted by molar-refractivity contribution is 5.91. The quantitative estimate of drug-likeness (QED) is 0.142. The molecule has 9 heteroatoms. The van der Waals surface area contributed by atoms with E-state index in [1.807, 2.05) is 66.7 Å². The van der Waals surface area contributed by atoms with Crippen LogP contribution in [0.1, 0.15) is 24.9 Å². The number of methoxy groups -OCH3 is 1. The third kappa shape index (κ3) is 5.83. The maximum absolute atomic E-state index is 12.1. The van der Waals surface area contributed by atoms with Gasteiger partial charge >= 0.3 is 5.97 Å². The van der Waals surface area contributed by atoms with E-state index in [1.165, 1.54) is 0 Å². The summed E-state index contributed by atoms with van der Waals surface area (Å²) in [6.07, 6.45) is 1.93. The number of aromatic amines is 1. The molecule has 0 spiro atoms. The van der Waals surface area contributed by atoms with Gasteiger partial charge in [-0.05, 0) is 61.5 Å². The molecule has 5 rings (SSSR count). The zero-order chi connectivity index (χ0) is 27.2. The third-order valence-electron chi connectivity index (χ3n) is 6.23. The summed E-state index contributed by atoms with van der Waals surface area (Å²) in [5.41, 5.74) is 1.30. The van der Waals surface area contributed by atoms with Crippen molar-refractivity contribution in [2.75, 3.05) is 24.3 Å². The largest absolute Gasteiger partial charge is 0.495 e. The lowest BCUT2D eigenvalue weighted by atomic mass is 10.0. The van der Waals surface area contributed by atoms with Crippen molar-refractivity contribution in [3.05, 3.63) is 103 Å². The average molecular weight is 524 g/mol. The number of carbonyl (C=O) groups is 1. The predicted octanol–water partition coefficient (Wildman–Crippen LogP) is 5.37. The number of anilines is 3. The SMILES string of the molecule is COc1cc[nH]c1C(C)(O)c1nc(Nc2ccc(NCCC(=O)Oc3ccccc3)cc2)c2ccccc2n1. The minimum atomic E-state index is -1.52. The molecule has 0 aliphatic heterocycles. The highest BCUT2D eigenvalue weighted by Crippen LogP contribution is 2.35. The van der Waals surface area contributed by atoms with Crippen molar-refractivity contribution >= 4 is 34.1 Å². The normalized spacial score (nSPS) is 12.5. The fraction of sp³-hybridized carbons (Fsp3) is 0.167. The molecule has 2 heterocycles. The first-order valence-electron chi connectivity index (χ1n) is 12.5.